The number of rotatable bonds is 1. The third-order valence-corrected chi connectivity index (χ3v) is 2.03. The van der Waals surface area contributed by atoms with Crippen LogP contribution in [0.15, 0.2) is 47.9 Å². The van der Waals surface area contributed by atoms with Gasteiger partial charge in [0.15, 0.2) is 0 Å². The van der Waals surface area contributed by atoms with Crippen LogP contribution in [0.25, 0.3) is 0 Å². The van der Waals surface area contributed by atoms with Crippen LogP contribution in [0, 0.1) is 0 Å². The molecule has 0 saturated heterocycles. The lowest BCUT2D eigenvalue weighted by Gasteiger charge is -2.25. The fourth-order valence-electron chi connectivity index (χ4n) is 1.35. The maximum Gasteiger partial charge on any atom is 0.335 e. The van der Waals surface area contributed by atoms with Gasteiger partial charge in [0.1, 0.15) is 0 Å². The highest BCUT2D eigenvalue weighted by Gasteiger charge is 2.14. The molecule has 0 unspecified atom stereocenters. The molecule has 14 heavy (non-hydrogen) atoms. The SMILES string of the molecule is C.O=C(O)C1=CCN2C=CC=CC2=C1. The quantitative estimate of drug-likeness (QED) is 0.688. The molecule has 0 aromatic carbocycles. The average Bonchev–Trinajstić information content (AvgIpc) is 2.17. The monoisotopic (exact) mass is 191 g/mol. The summed E-state index contributed by atoms with van der Waals surface area (Å²) >= 11 is 0. The van der Waals surface area contributed by atoms with Crippen LogP contribution in [-0.2, 0) is 4.79 Å². The summed E-state index contributed by atoms with van der Waals surface area (Å²) in [6, 6.07) is 0. The molecule has 0 amide bonds. The van der Waals surface area contributed by atoms with Crippen LogP contribution in [0.2, 0.25) is 0 Å². The Balaban J connectivity index is 0.000000980. The molecular formula is C11H13NO2. The fourth-order valence-corrected chi connectivity index (χ4v) is 1.35. The van der Waals surface area contributed by atoms with E-state index < -0.39 is 5.97 Å². The first-order chi connectivity index (χ1) is 6.27. The molecular weight excluding hydrogens is 178 g/mol. The molecule has 0 aromatic rings. The molecule has 74 valence electrons. The highest BCUT2D eigenvalue weighted by Crippen LogP contribution is 2.19. The summed E-state index contributed by atoms with van der Waals surface area (Å²) in [5.74, 6) is -0.866. The third kappa shape index (κ3) is 1.76. The normalized spacial score (nSPS) is 17.9. The van der Waals surface area contributed by atoms with Crippen molar-refractivity contribution in [2.75, 3.05) is 6.54 Å². The summed E-state index contributed by atoms with van der Waals surface area (Å²) in [6.07, 6.45) is 11.0. The van der Waals surface area contributed by atoms with E-state index in [9.17, 15) is 4.79 Å². The van der Waals surface area contributed by atoms with Crippen LogP contribution in [0.1, 0.15) is 7.43 Å². The smallest absolute Gasteiger partial charge is 0.335 e. The summed E-state index contributed by atoms with van der Waals surface area (Å²) in [4.78, 5) is 12.6. The van der Waals surface area contributed by atoms with E-state index in [0.29, 0.717) is 12.1 Å². The van der Waals surface area contributed by atoms with Crippen LogP contribution < -0.4 is 0 Å². The number of fused-ring (bicyclic) bond motifs is 1. The molecule has 0 spiro atoms. The topological polar surface area (TPSA) is 40.5 Å². The van der Waals surface area contributed by atoms with E-state index in [4.69, 9.17) is 5.11 Å². The Morgan fingerprint density at radius 1 is 1.43 bits per heavy atom. The number of aliphatic carboxylic acids is 1. The Morgan fingerprint density at radius 2 is 2.21 bits per heavy atom. The van der Waals surface area contributed by atoms with Crippen LogP contribution in [0.3, 0.4) is 0 Å². The number of hydrogen-bond acceptors (Lipinski definition) is 2. The molecule has 0 bridgehead atoms. The highest BCUT2D eigenvalue weighted by atomic mass is 16.4. The van der Waals surface area contributed by atoms with E-state index in [0.717, 1.165) is 5.70 Å². The van der Waals surface area contributed by atoms with E-state index >= 15 is 0 Å². The Bertz CT molecular complexity index is 361. The van der Waals surface area contributed by atoms with E-state index in [2.05, 4.69) is 0 Å². The minimum absolute atomic E-state index is 0. The highest BCUT2D eigenvalue weighted by molar-refractivity contribution is 5.90. The first-order valence-electron chi connectivity index (χ1n) is 4.04. The number of hydrogen-bond donors (Lipinski definition) is 1. The van der Waals surface area contributed by atoms with Crippen molar-refractivity contribution < 1.29 is 9.90 Å². The average molecular weight is 191 g/mol. The van der Waals surface area contributed by atoms with Crippen LogP contribution in [-0.4, -0.2) is 22.5 Å². The van der Waals surface area contributed by atoms with Crippen LogP contribution in [0.4, 0.5) is 0 Å². The number of nitrogens with zero attached hydrogens (tertiary/aromatic N) is 1. The Kier molecular flexibility index (Phi) is 2.92. The maximum absolute atomic E-state index is 10.7. The van der Waals surface area contributed by atoms with E-state index in [1.54, 1.807) is 12.2 Å². The van der Waals surface area contributed by atoms with Crippen molar-refractivity contribution in [3.8, 4) is 0 Å². The van der Waals surface area contributed by atoms with Gasteiger partial charge >= 0.3 is 5.97 Å². The van der Waals surface area contributed by atoms with Crippen molar-refractivity contribution >= 4 is 5.97 Å². The maximum atomic E-state index is 10.7. The third-order valence-electron chi connectivity index (χ3n) is 2.03. The summed E-state index contributed by atoms with van der Waals surface area (Å²) in [5.41, 5.74) is 1.30. The summed E-state index contributed by atoms with van der Waals surface area (Å²) in [6.45, 7) is 0.633. The van der Waals surface area contributed by atoms with Gasteiger partial charge in [0.25, 0.3) is 0 Å². The predicted octanol–water partition coefficient (Wildman–Crippen LogP) is 1.92. The zero-order valence-corrected chi connectivity index (χ0v) is 6.97. The van der Waals surface area contributed by atoms with Crippen molar-refractivity contribution in [2.24, 2.45) is 0 Å². The van der Waals surface area contributed by atoms with Gasteiger partial charge in [0, 0.05) is 18.4 Å². The van der Waals surface area contributed by atoms with Crippen molar-refractivity contribution in [1.29, 1.82) is 0 Å². The van der Waals surface area contributed by atoms with Gasteiger partial charge in [-0.15, -0.1) is 0 Å². The van der Waals surface area contributed by atoms with Crippen molar-refractivity contribution in [1.82, 2.24) is 4.90 Å². The van der Waals surface area contributed by atoms with Gasteiger partial charge < -0.3 is 10.0 Å². The second-order valence-corrected chi connectivity index (χ2v) is 2.89. The number of carboxylic acids is 1. The number of allylic oxidation sites excluding steroid dienone is 3. The standard InChI is InChI=1S/C10H9NO2.CH4/c12-10(13)8-4-6-11-5-2-1-3-9(11)7-8;/h1-5,7H,6H2,(H,12,13);1H4. The second kappa shape index (κ2) is 3.96. The van der Waals surface area contributed by atoms with Gasteiger partial charge in [-0.2, -0.15) is 0 Å². The van der Waals surface area contributed by atoms with Crippen molar-refractivity contribution in [2.45, 2.75) is 7.43 Å². The molecule has 2 aliphatic heterocycles. The van der Waals surface area contributed by atoms with Gasteiger partial charge in [-0.05, 0) is 18.2 Å². The fraction of sp³-hybridized carbons (Fsp3) is 0.182. The Hall–Kier alpha value is -1.77. The minimum atomic E-state index is -0.866. The van der Waals surface area contributed by atoms with Crippen molar-refractivity contribution in [3.63, 3.8) is 0 Å². The number of carbonyl (C=O) groups is 1. The van der Waals surface area contributed by atoms with Gasteiger partial charge in [0.2, 0.25) is 0 Å². The van der Waals surface area contributed by atoms with Crippen LogP contribution >= 0.6 is 0 Å². The summed E-state index contributed by atoms with van der Waals surface area (Å²) in [7, 11) is 0. The molecule has 0 radical (unpaired) electrons. The minimum Gasteiger partial charge on any atom is -0.478 e. The first-order valence-corrected chi connectivity index (χ1v) is 4.04. The molecule has 3 nitrogen and oxygen atoms in total. The molecule has 3 heteroatoms. The molecule has 0 saturated carbocycles. The van der Waals surface area contributed by atoms with Crippen molar-refractivity contribution in [3.05, 3.63) is 47.9 Å². The molecule has 2 aliphatic rings. The zero-order chi connectivity index (χ0) is 9.26. The summed E-state index contributed by atoms with van der Waals surface area (Å²) in [5, 5.41) is 8.76. The molecule has 0 fully saturated rings. The number of carboxylic acid groups (broad SMARTS) is 1. The lowest BCUT2D eigenvalue weighted by molar-refractivity contribution is -0.132. The molecule has 0 atom stereocenters. The van der Waals surface area contributed by atoms with Crippen LogP contribution in [0.5, 0.6) is 0 Å². The summed E-state index contributed by atoms with van der Waals surface area (Å²) < 4.78 is 0. The van der Waals surface area contributed by atoms with E-state index in [1.807, 2.05) is 29.3 Å². The molecule has 1 N–H and O–H groups in total. The molecule has 2 heterocycles. The van der Waals surface area contributed by atoms with E-state index in [1.165, 1.54) is 0 Å². The van der Waals surface area contributed by atoms with Gasteiger partial charge in [-0.3, -0.25) is 0 Å². The van der Waals surface area contributed by atoms with Gasteiger partial charge in [-0.25, -0.2) is 4.79 Å². The predicted molar refractivity (Wildman–Crippen MR) is 55.5 cm³/mol. The largest absolute Gasteiger partial charge is 0.478 e. The first kappa shape index (κ1) is 10.3. The molecule has 0 aliphatic carbocycles. The van der Waals surface area contributed by atoms with E-state index in [-0.39, 0.29) is 7.43 Å². The lowest BCUT2D eigenvalue weighted by Crippen LogP contribution is -2.22. The molecule has 0 aromatic heterocycles. The Labute approximate surface area is 83.3 Å². The van der Waals surface area contributed by atoms with Gasteiger partial charge in [-0.1, -0.05) is 19.6 Å². The zero-order valence-electron chi connectivity index (χ0n) is 6.97. The second-order valence-electron chi connectivity index (χ2n) is 2.89. The Morgan fingerprint density at radius 3 is 2.93 bits per heavy atom. The molecule has 2 rings (SSSR count). The lowest BCUT2D eigenvalue weighted by atomic mass is 10.1. The van der Waals surface area contributed by atoms with Gasteiger partial charge in [0.05, 0.1) is 5.57 Å².